The smallest absolute Gasteiger partial charge is 0.253 e. The minimum Gasteiger partial charge on any atom is -0.493 e. The average Bonchev–Trinajstić information content (AvgIpc) is 3.14. The van der Waals surface area contributed by atoms with Crippen LogP contribution in [0, 0.1) is 5.82 Å². The van der Waals surface area contributed by atoms with E-state index in [-0.39, 0.29) is 17.8 Å². The second kappa shape index (κ2) is 8.16. The molecule has 138 valence electrons. The van der Waals surface area contributed by atoms with Crippen LogP contribution in [0.3, 0.4) is 0 Å². The Hall–Kier alpha value is -2.64. The quantitative estimate of drug-likeness (QED) is 0.827. The molecule has 2 atom stereocenters. The molecule has 3 rings (SSSR count). The Bertz CT molecular complexity index is 784. The van der Waals surface area contributed by atoms with Crippen LogP contribution in [0.5, 0.6) is 17.2 Å². The predicted octanol–water partition coefficient (Wildman–Crippen LogP) is 3.07. The summed E-state index contributed by atoms with van der Waals surface area (Å²) in [5.74, 6) is 0.0300. The van der Waals surface area contributed by atoms with Crippen molar-refractivity contribution in [3.63, 3.8) is 0 Å². The third kappa shape index (κ3) is 4.12. The van der Waals surface area contributed by atoms with Crippen molar-refractivity contribution in [1.82, 2.24) is 0 Å². The van der Waals surface area contributed by atoms with E-state index in [0.717, 1.165) is 6.42 Å². The molecule has 0 saturated carbocycles. The van der Waals surface area contributed by atoms with Gasteiger partial charge in [0.1, 0.15) is 6.10 Å². The maximum atomic E-state index is 14.4. The lowest BCUT2D eigenvalue weighted by Crippen LogP contribution is -2.29. The minimum absolute atomic E-state index is 0.0350. The van der Waals surface area contributed by atoms with Gasteiger partial charge in [-0.15, -0.1) is 0 Å². The predicted molar refractivity (Wildman–Crippen MR) is 95.0 cm³/mol. The summed E-state index contributed by atoms with van der Waals surface area (Å²) >= 11 is 0. The summed E-state index contributed by atoms with van der Waals surface area (Å²) in [6, 6.07) is 11.2. The fourth-order valence-corrected chi connectivity index (χ4v) is 2.78. The number of carbonyl (C=O) groups excluding carboxylic acids is 1. The number of carbonyl (C=O) groups is 1. The molecule has 3 N–H and O–H groups in total. The van der Waals surface area contributed by atoms with Gasteiger partial charge < -0.3 is 25.3 Å². The summed E-state index contributed by atoms with van der Waals surface area (Å²) in [6.07, 6.45) is 0.690. The van der Waals surface area contributed by atoms with Crippen LogP contribution < -0.4 is 20.5 Å². The number of para-hydroxylation sites is 2. The lowest BCUT2D eigenvalue weighted by Gasteiger charge is -2.14. The summed E-state index contributed by atoms with van der Waals surface area (Å²) in [4.78, 5) is 12.2. The monoisotopic (exact) mass is 360 g/mol. The molecule has 0 spiro atoms. The van der Waals surface area contributed by atoms with E-state index >= 15 is 0 Å². The fraction of sp³-hybridized carbons (Fsp3) is 0.316. The molecule has 1 fully saturated rings. The third-order valence-corrected chi connectivity index (χ3v) is 4.15. The zero-order chi connectivity index (χ0) is 18.5. The number of rotatable bonds is 6. The van der Waals surface area contributed by atoms with Crippen molar-refractivity contribution in [3.05, 3.63) is 48.3 Å². The van der Waals surface area contributed by atoms with Gasteiger partial charge in [-0.2, -0.15) is 0 Å². The first-order valence-electron chi connectivity index (χ1n) is 8.37. The Morgan fingerprint density at radius 1 is 1.23 bits per heavy atom. The highest BCUT2D eigenvalue weighted by atomic mass is 19.1. The SMILES string of the molecule is COc1ccccc1Oc1ccc(NC(=O)[C@@H]2CC[C@H](CN)O2)cc1F. The molecule has 1 heterocycles. The van der Waals surface area contributed by atoms with E-state index in [1.54, 1.807) is 30.3 Å². The van der Waals surface area contributed by atoms with Crippen molar-refractivity contribution in [2.24, 2.45) is 5.73 Å². The first-order valence-corrected chi connectivity index (χ1v) is 8.37. The highest BCUT2D eigenvalue weighted by Crippen LogP contribution is 2.33. The van der Waals surface area contributed by atoms with E-state index in [4.69, 9.17) is 19.9 Å². The van der Waals surface area contributed by atoms with E-state index in [0.29, 0.717) is 30.2 Å². The highest BCUT2D eigenvalue weighted by molar-refractivity contribution is 5.94. The maximum absolute atomic E-state index is 14.4. The first-order chi connectivity index (χ1) is 12.6. The maximum Gasteiger partial charge on any atom is 0.253 e. The number of benzene rings is 2. The van der Waals surface area contributed by atoms with Gasteiger partial charge in [-0.1, -0.05) is 12.1 Å². The second-order valence-corrected chi connectivity index (χ2v) is 5.95. The number of hydrogen-bond acceptors (Lipinski definition) is 5. The molecule has 1 amide bonds. The van der Waals surface area contributed by atoms with Crippen LogP contribution in [0.2, 0.25) is 0 Å². The largest absolute Gasteiger partial charge is 0.493 e. The van der Waals surface area contributed by atoms with Gasteiger partial charge in [0.25, 0.3) is 5.91 Å². The lowest BCUT2D eigenvalue weighted by atomic mass is 10.2. The summed E-state index contributed by atoms with van der Waals surface area (Å²) in [6.45, 7) is 0.382. The van der Waals surface area contributed by atoms with Crippen LogP contribution >= 0.6 is 0 Å². The zero-order valence-corrected chi connectivity index (χ0v) is 14.4. The Kier molecular flexibility index (Phi) is 5.70. The van der Waals surface area contributed by atoms with Crippen LogP contribution in [0.1, 0.15) is 12.8 Å². The number of halogens is 1. The van der Waals surface area contributed by atoms with Gasteiger partial charge in [0, 0.05) is 18.3 Å². The van der Waals surface area contributed by atoms with Crippen molar-refractivity contribution in [1.29, 1.82) is 0 Å². The van der Waals surface area contributed by atoms with Crippen molar-refractivity contribution >= 4 is 11.6 Å². The van der Waals surface area contributed by atoms with Gasteiger partial charge in [-0.05, 0) is 37.1 Å². The Labute approximate surface area is 151 Å². The van der Waals surface area contributed by atoms with Crippen LogP contribution in [0.15, 0.2) is 42.5 Å². The van der Waals surface area contributed by atoms with Gasteiger partial charge in [-0.25, -0.2) is 4.39 Å². The summed E-state index contributed by atoms with van der Waals surface area (Å²) in [5.41, 5.74) is 5.87. The Morgan fingerprint density at radius 2 is 2.00 bits per heavy atom. The molecule has 1 saturated heterocycles. The molecule has 26 heavy (non-hydrogen) atoms. The van der Waals surface area contributed by atoms with Gasteiger partial charge in [0.2, 0.25) is 0 Å². The highest BCUT2D eigenvalue weighted by Gasteiger charge is 2.29. The summed E-state index contributed by atoms with van der Waals surface area (Å²) in [7, 11) is 1.51. The molecule has 0 bridgehead atoms. The Morgan fingerprint density at radius 3 is 2.65 bits per heavy atom. The standard InChI is InChI=1S/C19H21FN2O4/c1-24-16-4-2-3-5-17(16)26-15-8-6-12(10-14(15)20)22-19(23)18-9-7-13(11-21)25-18/h2-6,8,10,13,18H,7,9,11,21H2,1H3,(H,22,23)/t13-,18+/m1/s1. The molecule has 0 aromatic heterocycles. The van der Waals surface area contributed by atoms with Crippen LogP contribution in [0.4, 0.5) is 10.1 Å². The lowest BCUT2D eigenvalue weighted by molar-refractivity contribution is -0.126. The molecule has 2 aromatic carbocycles. The molecular weight excluding hydrogens is 339 g/mol. The molecule has 6 nitrogen and oxygen atoms in total. The number of nitrogens with one attached hydrogen (secondary N) is 1. The number of hydrogen-bond donors (Lipinski definition) is 2. The van der Waals surface area contributed by atoms with Crippen LogP contribution in [-0.4, -0.2) is 31.8 Å². The number of anilines is 1. The van der Waals surface area contributed by atoms with Gasteiger partial charge in [0.15, 0.2) is 23.1 Å². The zero-order valence-electron chi connectivity index (χ0n) is 14.4. The molecular formula is C19H21FN2O4. The van der Waals surface area contributed by atoms with E-state index in [2.05, 4.69) is 5.32 Å². The average molecular weight is 360 g/mol. The number of nitrogens with two attached hydrogens (primary N) is 1. The minimum atomic E-state index is -0.596. The topological polar surface area (TPSA) is 82.8 Å². The van der Waals surface area contributed by atoms with E-state index in [9.17, 15) is 9.18 Å². The van der Waals surface area contributed by atoms with Gasteiger partial charge in [0.05, 0.1) is 13.2 Å². The van der Waals surface area contributed by atoms with E-state index in [1.807, 2.05) is 0 Å². The van der Waals surface area contributed by atoms with Crippen molar-refractivity contribution < 1.29 is 23.4 Å². The molecule has 7 heteroatoms. The number of ether oxygens (including phenoxy) is 3. The molecule has 2 aromatic rings. The second-order valence-electron chi connectivity index (χ2n) is 5.95. The first kappa shape index (κ1) is 18.2. The molecule has 1 aliphatic rings. The molecule has 0 radical (unpaired) electrons. The Balaban J connectivity index is 1.67. The van der Waals surface area contributed by atoms with Crippen molar-refractivity contribution in [2.45, 2.75) is 25.0 Å². The van der Waals surface area contributed by atoms with E-state index in [1.165, 1.54) is 19.2 Å². The van der Waals surface area contributed by atoms with Crippen molar-refractivity contribution in [2.75, 3.05) is 19.0 Å². The molecule has 1 aliphatic heterocycles. The fourth-order valence-electron chi connectivity index (χ4n) is 2.78. The van der Waals surface area contributed by atoms with Gasteiger partial charge >= 0.3 is 0 Å². The van der Waals surface area contributed by atoms with Crippen LogP contribution in [-0.2, 0) is 9.53 Å². The van der Waals surface area contributed by atoms with E-state index < -0.39 is 11.9 Å². The number of amides is 1. The molecule has 0 unspecified atom stereocenters. The summed E-state index contributed by atoms with van der Waals surface area (Å²) < 4.78 is 30.6. The third-order valence-electron chi connectivity index (χ3n) is 4.15. The van der Waals surface area contributed by atoms with Crippen molar-refractivity contribution in [3.8, 4) is 17.2 Å². The normalized spacial score (nSPS) is 19.2. The molecule has 0 aliphatic carbocycles. The van der Waals surface area contributed by atoms with Gasteiger partial charge in [-0.3, -0.25) is 4.79 Å². The number of methoxy groups -OCH3 is 1. The van der Waals surface area contributed by atoms with Crippen LogP contribution in [0.25, 0.3) is 0 Å². The summed E-state index contributed by atoms with van der Waals surface area (Å²) in [5, 5.41) is 2.66.